The molecule has 4 heteroatoms. The number of hydrogen-bond acceptors (Lipinski definition) is 4. The molecule has 0 radical (unpaired) electrons. The Morgan fingerprint density at radius 1 is 1.41 bits per heavy atom. The van der Waals surface area contributed by atoms with Crippen LogP contribution in [0, 0.1) is 5.92 Å². The van der Waals surface area contributed by atoms with Crippen molar-refractivity contribution in [2.45, 2.75) is 32.6 Å². The zero-order valence-electron chi connectivity index (χ0n) is 10.6. The Morgan fingerprint density at radius 2 is 2.24 bits per heavy atom. The van der Waals surface area contributed by atoms with Crippen molar-refractivity contribution in [2.75, 3.05) is 25.0 Å². The summed E-state index contributed by atoms with van der Waals surface area (Å²) in [6.07, 6.45) is 8.64. The standard InChI is InChI=1S/C13H22N4/c1-2-4-11-8-15-13(16-9-11)17-10-12-5-3-6-14-7-12/h8-9,12,14H,2-7,10H2,1H3,(H,15,16,17). The van der Waals surface area contributed by atoms with Crippen molar-refractivity contribution in [3.8, 4) is 0 Å². The Labute approximate surface area is 103 Å². The predicted octanol–water partition coefficient (Wildman–Crippen LogP) is 1.84. The third-order valence-corrected chi connectivity index (χ3v) is 3.19. The fraction of sp³-hybridized carbons (Fsp3) is 0.692. The number of nitrogens with one attached hydrogen (secondary N) is 2. The van der Waals surface area contributed by atoms with Gasteiger partial charge in [-0.15, -0.1) is 0 Å². The molecule has 1 saturated heterocycles. The smallest absolute Gasteiger partial charge is 0.222 e. The summed E-state index contributed by atoms with van der Waals surface area (Å²) in [7, 11) is 0. The summed E-state index contributed by atoms with van der Waals surface area (Å²) >= 11 is 0. The molecule has 1 atom stereocenters. The minimum atomic E-state index is 0.711. The molecule has 0 bridgehead atoms. The molecular weight excluding hydrogens is 212 g/mol. The molecule has 2 rings (SSSR count). The van der Waals surface area contributed by atoms with Crippen LogP contribution in [0.15, 0.2) is 12.4 Å². The summed E-state index contributed by atoms with van der Waals surface area (Å²) in [4.78, 5) is 8.68. The number of aryl methyl sites for hydroxylation is 1. The molecule has 0 amide bonds. The molecule has 1 aromatic rings. The van der Waals surface area contributed by atoms with Gasteiger partial charge in [-0.1, -0.05) is 13.3 Å². The van der Waals surface area contributed by atoms with E-state index in [9.17, 15) is 0 Å². The fourth-order valence-electron chi connectivity index (χ4n) is 2.20. The number of hydrogen-bond donors (Lipinski definition) is 2. The molecule has 2 heterocycles. The van der Waals surface area contributed by atoms with Gasteiger partial charge in [0.25, 0.3) is 0 Å². The van der Waals surface area contributed by atoms with Gasteiger partial charge in [0.15, 0.2) is 0 Å². The molecule has 1 unspecified atom stereocenters. The van der Waals surface area contributed by atoms with E-state index in [0.29, 0.717) is 5.92 Å². The molecule has 1 fully saturated rings. The van der Waals surface area contributed by atoms with E-state index in [4.69, 9.17) is 0 Å². The Morgan fingerprint density at radius 3 is 2.88 bits per heavy atom. The maximum absolute atomic E-state index is 4.34. The van der Waals surface area contributed by atoms with Crippen molar-refractivity contribution in [3.05, 3.63) is 18.0 Å². The normalized spacial score (nSPS) is 20.2. The molecule has 1 aliphatic rings. The first-order valence-corrected chi connectivity index (χ1v) is 6.64. The average Bonchev–Trinajstić information content (AvgIpc) is 2.40. The van der Waals surface area contributed by atoms with Crippen LogP contribution in [-0.4, -0.2) is 29.6 Å². The van der Waals surface area contributed by atoms with E-state index in [1.807, 2.05) is 12.4 Å². The summed E-state index contributed by atoms with van der Waals surface area (Å²) in [5.74, 6) is 1.47. The van der Waals surface area contributed by atoms with E-state index < -0.39 is 0 Å². The molecule has 4 nitrogen and oxygen atoms in total. The second kappa shape index (κ2) is 6.55. The highest BCUT2D eigenvalue weighted by Gasteiger charge is 2.12. The molecule has 1 aromatic heterocycles. The van der Waals surface area contributed by atoms with Crippen LogP contribution in [0.5, 0.6) is 0 Å². The van der Waals surface area contributed by atoms with E-state index in [2.05, 4.69) is 27.5 Å². The summed E-state index contributed by atoms with van der Waals surface area (Å²) in [5, 5.41) is 6.74. The van der Waals surface area contributed by atoms with Crippen LogP contribution < -0.4 is 10.6 Å². The van der Waals surface area contributed by atoms with Crippen molar-refractivity contribution in [2.24, 2.45) is 5.92 Å². The highest BCUT2D eigenvalue weighted by molar-refractivity contribution is 5.24. The van der Waals surface area contributed by atoms with Crippen LogP contribution in [0.2, 0.25) is 0 Å². The molecule has 94 valence electrons. The van der Waals surface area contributed by atoms with E-state index in [1.165, 1.54) is 24.9 Å². The molecule has 2 N–H and O–H groups in total. The average molecular weight is 234 g/mol. The minimum Gasteiger partial charge on any atom is -0.354 e. The Bertz CT molecular complexity index is 317. The van der Waals surface area contributed by atoms with Gasteiger partial charge in [-0.2, -0.15) is 0 Å². The Balaban J connectivity index is 1.77. The van der Waals surface area contributed by atoms with Gasteiger partial charge in [-0.25, -0.2) is 9.97 Å². The van der Waals surface area contributed by atoms with E-state index in [1.54, 1.807) is 0 Å². The molecule has 17 heavy (non-hydrogen) atoms. The fourth-order valence-corrected chi connectivity index (χ4v) is 2.20. The summed E-state index contributed by atoms with van der Waals surface area (Å²) in [6.45, 7) is 5.42. The van der Waals surface area contributed by atoms with Gasteiger partial charge in [0.05, 0.1) is 0 Å². The van der Waals surface area contributed by atoms with Gasteiger partial charge in [-0.3, -0.25) is 0 Å². The predicted molar refractivity (Wildman–Crippen MR) is 70.1 cm³/mol. The first kappa shape index (κ1) is 12.3. The van der Waals surface area contributed by atoms with Crippen LogP contribution in [0.3, 0.4) is 0 Å². The SMILES string of the molecule is CCCc1cnc(NCC2CCCNC2)nc1. The third-order valence-electron chi connectivity index (χ3n) is 3.19. The van der Waals surface area contributed by atoms with Crippen molar-refractivity contribution in [3.63, 3.8) is 0 Å². The summed E-state index contributed by atoms with van der Waals surface area (Å²) in [6, 6.07) is 0. The number of piperidine rings is 1. The number of nitrogens with zero attached hydrogens (tertiary/aromatic N) is 2. The van der Waals surface area contributed by atoms with Gasteiger partial charge in [-0.05, 0) is 43.8 Å². The van der Waals surface area contributed by atoms with Crippen molar-refractivity contribution in [1.82, 2.24) is 15.3 Å². The Kier molecular flexibility index (Phi) is 4.74. The molecule has 0 aliphatic carbocycles. The second-order valence-electron chi connectivity index (χ2n) is 4.76. The monoisotopic (exact) mass is 234 g/mol. The number of rotatable bonds is 5. The maximum Gasteiger partial charge on any atom is 0.222 e. The van der Waals surface area contributed by atoms with Gasteiger partial charge >= 0.3 is 0 Å². The lowest BCUT2D eigenvalue weighted by atomic mass is 10.00. The zero-order valence-corrected chi connectivity index (χ0v) is 10.6. The summed E-state index contributed by atoms with van der Waals surface area (Å²) in [5.41, 5.74) is 1.22. The molecule has 0 saturated carbocycles. The lowest BCUT2D eigenvalue weighted by Crippen LogP contribution is -2.33. The lowest BCUT2D eigenvalue weighted by molar-refractivity contribution is 0.392. The number of anilines is 1. The van der Waals surface area contributed by atoms with Crippen molar-refractivity contribution >= 4 is 5.95 Å². The first-order chi connectivity index (χ1) is 8.38. The first-order valence-electron chi connectivity index (χ1n) is 6.64. The number of aromatic nitrogens is 2. The van der Waals surface area contributed by atoms with Crippen LogP contribution in [0.4, 0.5) is 5.95 Å². The van der Waals surface area contributed by atoms with Crippen molar-refractivity contribution in [1.29, 1.82) is 0 Å². The van der Waals surface area contributed by atoms with Crippen LogP contribution in [0.1, 0.15) is 31.7 Å². The van der Waals surface area contributed by atoms with E-state index in [0.717, 1.165) is 31.9 Å². The topological polar surface area (TPSA) is 49.8 Å². The third kappa shape index (κ3) is 3.97. The molecule has 0 aromatic carbocycles. The summed E-state index contributed by atoms with van der Waals surface area (Å²) < 4.78 is 0. The highest BCUT2D eigenvalue weighted by Crippen LogP contribution is 2.10. The van der Waals surface area contributed by atoms with Gasteiger partial charge in [0.1, 0.15) is 0 Å². The van der Waals surface area contributed by atoms with Gasteiger partial charge in [0, 0.05) is 18.9 Å². The highest BCUT2D eigenvalue weighted by atomic mass is 15.1. The van der Waals surface area contributed by atoms with Crippen molar-refractivity contribution < 1.29 is 0 Å². The quantitative estimate of drug-likeness (QED) is 0.816. The minimum absolute atomic E-state index is 0.711. The van der Waals surface area contributed by atoms with Crippen LogP contribution >= 0.6 is 0 Å². The molecular formula is C13H22N4. The van der Waals surface area contributed by atoms with Gasteiger partial charge in [0.2, 0.25) is 5.95 Å². The zero-order chi connectivity index (χ0) is 11.9. The molecule has 0 spiro atoms. The second-order valence-corrected chi connectivity index (χ2v) is 4.76. The Hall–Kier alpha value is -1.16. The maximum atomic E-state index is 4.34. The molecule has 1 aliphatic heterocycles. The van der Waals surface area contributed by atoms with Crippen LogP contribution in [-0.2, 0) is 6.42 Å². The van der Waals surface area contributed by atoms with E-state index in [-0.39, 0.29) is 0 Å². The van der Waals surface area contributed by atoms with Gasteiger partial charge < -0.3 is 10.6 Å². The van der Waals surface area contributed by atoms with E-state index >= 15 is 0 Å². The largest absolute Gasteiger partial charge is 0.354 e. The van der Waals surface area contributed by atoms with Crippen LogP contribution in [0.25, 0.3) is 0 Å². The lowest BCUT2D eigenvalue weighted by Gasteiger charge is -2.22.